The minimum atomic E-state index is -1.00. The summed E-state index contributed by atoms with van der Waals surface area (Å²) in [5.74, 6) is -0.316. The summed E-state index contributed by atoms with van der Waals surface area (Å²) in [4.78, 5) is 29.7. The van der Waals surface area contributed by atoms with E-state index in [1.807, 2.05) is 6.92 Å². The molecule has 1 heterocycles. The SMILES string of the molecule is CCC(NC(=O)Nc1ccc(C(=O)O)cc1)c1ncc[nH]1. The van der Waals surface area contributed by atoms with E-state index in [4.69, 9.17) is 5.11 Å². The van der Waals surface area contributed by atoms with E-state index in [0.29, 0.717) is 17.9 Å². The number of nitrogens with one attached hydrogen (secondary N) is 3. The van der Waals surface area contributed by atoms with Crippen LogP contribution in [0.3, 0.4) is 0 Å². The minimum absolute atomic E-state index is 0.169. The quantitative estimate of drug-likeness (QED) is 0.677. The number of benzene rings is 1. The van der Waals surface area contributed by atoms with Gasteiger partial charge in [0.2, 0.25) is 0 Å². The van der Waals surface area contributed by atoms with Crippen molar-refractivity contribution in [1.29, 1.82) is 0 Å². The molecule has 0 aliphatic rings. The van der Waals surface area contributed by atoms with E-state index in [9.17, 15) is 9.59 Å². The van der Waals surface area contributed by atoms with Gasteiger partial charge in [0.15, 0.2) is 0 Å². The highest BCUT2D eigenvalue weighted by molar-refractivity contribution is 5.91. The molecule has 2 rings (SSSR count). The highest BCUT2D eigenvalue weighted by atomic mass is 16.4. The molecule has 0 aliphatic carbocycles. The summed E-state index contributed by atoms with van der Waals surface area (Å²) in [6, 6.07) is 5.36. The highest BCUT2D eigenvalue weighted by Gasteiger charge is 2.14. The number of nitrogens with zero attached hydrogens (tertiary/aromatic N) is 1. The van der Waals surface area contributed by atoms with Crippen molar-refractivity contribution in [3.8, 4) is 0 Å². The largest absolute Gasteiger partial charge is 0.478 e. The van der Waals surface area contributed by atoms with Crippen LogP contribution in [0.1, 0.15) is 35.6 Å². The maximum Gasteiger partial charge on any atom is 0.335 e. The van der Waals surface area contributed by atoms with Gasteiger partial charge in [-0.1, -0.05) is 6.92 Å². The normalized spacial score (nSPS) is 11.7. The summed E-state index contributed by atoms with van der Waals surface area (Å²) in [7, 11) is 0. The molecule has 110 valence electrons. The maximum atomic E-state index is 11.9. The van der Waals surface area contributed by atoms with Crippen molar-refractivity contribution in [3.05, 3.63) is 48.0 Å². The molecule has 1 atom stereocenters. The molecule has 21 heavy (non-hydrogen) atoms. The molecule has 0 spiro atoms. The van der Waals surface area contributed by atoms with Crippen LogP contribution < -0.4 is 10.6 Å². The van der Waals surface area contributed by atoms with Crippen LogP contribution in [0.15, 0.2) is 36.7 Å². The first-order chi connectivity index (χ1) is 10.1. The number of rotatable bonds is 5. The van der Waals surface area contributed by atoms with Gasteiger partial charge in [-0.2, -0.15) is 0 Å². The number of carboxylic acid groups (broad SMARTS) is 1. The lowest BCUT2D eigenvalue weighted by atomic mass is 10.2. The number of aromatic nitrogens is 2. The van der Waals surface area contributed by atoms with Gasteiger partial charge in [-0.15, -0.1) is 0 Å². The predicted octanol–water partition coefficient (Wildman–Crippen LogP) is 2.38. The average molecular weight is 288 g/mol. The van der Waals surface area contributed by atoms with Crippen LogP contribution in [-0.2, 0) is 0 Å². The van der Waals surface area contributed by atoms with Crippen LogP contribution in [0.25, 0.3) is 0 Å². The van der Waals surface area contributed by atoms with E-state index >= 15 is 0 Å². The van der Waals surface area contributed by atoms with Crippen molar-refractivity contribution in [2.24, 2.45) is 0 Å². The molecule has 7 heteroatoms. The van der Waals surface area contributed by atoms with Crippen LogP contribution >= 0.6 is 0 Å². The van der Waals surface area contributed by atoms with Gasteiger partial charge >= 0.3 is 12.0 Å². The average Bonchev–Trinajstić information content (AvgIpc) is 2.99. The van der Waals surface area contributed by atoms with Crippen LogP contribution in [0.5, 0.6) is 0 Å². The Kier molecular flexibility index (Phi) is 4.55. The van der Waals surface area contributed by atoms with E-state index in [1.165, 1.54) is 24.3 Å². The third-order valence-corrected chi connectivity index (χ3v) is 2.95. The molecular weight excluding hydrogens is 272 g/mol. The van der Waals surface area contributed by atoms with E-state index in [-0.39, 0.29) is 17.6 Å². The molecule has 1 aromatic carbocycles. The van der Waals surface area contributed by atoms with Gasteiger partial charge in [0.25, 0.3) is 0 Å². The zero-order chi connectivity index (χ0) is 15.2. The van der Waals surface area contributed by atoms with Crippen LogP contribution in [-0.4, -0.2) is 27.1 Å². The molecule has 4 N–H and O–H groups in total. The first kappa shape index (κ1) is 14.6. The summed E-state index contributed by atoms with van der Waals surface area (Å²) in [6.45, 7) is 1.94. The number of H-pyrrole nitrogens is 1. The number of amides is 2. The van der Waals surface area contributed by atoms with Crippen molar-refractivity contribution < 1.29 is 14.7 Å². The van der Waals surface area contributed by atoms with Gasteiger partial charge in [-0.3, -0.25) is 0 Å². The zero-order valence-electron chi connectivity index (χ0n) is 11.5. The fourth-order valence-corrected chi connectivity index (χ4v) is 1.85. The third-order valence-electron chi connectivity index (χ3n) is 2.95. The van der Waals surface area contributed by atoms with Crippen LogP contribution in [0.4, 0.5) is 10.5 Å². The van der Waals surface area contributed by atoms with E-state index in [2.05, 4.69) is 20.6 Å². The minimum Gasteiger partial charge on any atom is -0.478 e. The van der Waals surface area contributed by atoms with Crippen LogP contribution in [0, 0.1) is 0 Å². The molecule has 1 unspecified atom stereocenters. The summed E-state index contributed by atoms with van der Waals surface area (Å²) in [6.07, 6.45) is 4.02. The molecule has 2 aromatic rings. The van der Waals surface area contributed by atoms with Gasteiger partial charge in [0.1, 0.15) is 5.82 Å². The molecule has 0 aliphatic heterocycles. The molecule has 7 nitrogen and oxygen atoms in total. The van der Waals surface area contributed by atoms with E-state index in [1.54, 1.807) is 12.4 Å². The Morgan fingerprint density at radius 2 is 2.05 bits per heavy atom. The fourth-order valence-electron chi connectivity index (χ4n) is 1.85. The Labute approximate surface area is 121 Å². The first-order valence-electron chi connectivity index (χ1n) is 6.50. The van der Waals surface area contributed by atoms with Gasteiger partial charge < -0.3 is 20.7 Å². The zero-order valence-corrected chi connectivity index (χ0v) is 11.5. The number of aromatic amines is 1. The number of carbonyl (C=O) groups is 2. The lowest BCUT2D eigenvalue weighted by molar-refractivity contribution is 0.0697. The van der Waals surface area contributed by atoms with Crippen molar-refractivity contribution in [2.75, 3.05) is 5.32 Å². The molecule has 1 aromatic heterocycles. The topological polar surface area (TPSA) is 107 Å². The van der Waals surface area contributed by atoms with Gasteiger partial charge in [-0.25, -0.2) is 14.6 Å². The Morgan fingerprint density at radius 1 is 1.33 bits per heavy atom. The number of hydrogen-bond donors (Lipinski definition) is 4. The van der Waals surface area contributed by atoms with Crippen molar-refractivity contribution in [3.63, 3.8) is 0 Å². The van der Waals surface area contributed by atoms with Crippen LogP contribution in [0.2, 0.25) is 0 Å². The Morgan fingerprint density at radius 3 is 2.57 bits per heavy atom. The number of imidazole rings is 1. The predicted molar refractivity (Wildman–Crippen MR) is 77.2 cm³/mol. The number of anilines is 1. The summed E-state index contributed by atoms with van der Waals surface area (Å²) in [5.41, 5.74) is 0.690. The summed E-state index contributed by atoms with van der Waals surface area (Å²) in [5, 5.41) is 14.2. The number of hydrogen-bond acceptors (Lipinski definition) is 3. The van der Waals surface area contributed by atoms with Crippen molar-refractivity contribution in [2.45, 2.75) is 19.4 Å². The van der Waals surface area contributed by atoms with Crippen molar-refractivity contribution >= 4 is 17.7 Å². The number of urea groups is 1. The molecule has 2 amide bonds. The number of carbonyl (C=O) groups excluding carboxylic acids is 1. The van der Waals surface area contributed by atoms with Gasteiger partial charge in [-0.05, 0) is 30.7 Å². The van der Waals surface area contributed by atoms with Gasteiger partial charge in [0.05, 0.1) is 11.6 Å². The molecule has 0 saturated carbocycles. The molecule has 0 saturated heterocycles. The second kappa shape index (κ2) is 6.56. The lowest BCUT2D eigenvalue weighted by Gasteiger charge is -2.15. The Bertz CT molecular complexity index is 608. The van der Waals surface area contributed by atoms with Crippen molar-refractivity contribution in [1.82, 2.24) is 15.3 Å². The fraction of sp³-hybridized carbons (Fsp3) is 0.214. The molecule has 0 radical (unpaired) electrons. The Balaban J connectivity index is 1.96. The van der Waals surface area contributed by atoms with E-state index < -0.39 is 5.97 Å². The van der Waals surface area contributed by atoms with Gasteiger partial charge in [0, 0.05) is 18.1 Å². The van der Waals surface area contributed by atoms with E-state index in [0.717, 1.165) is 0 Å². The molecule has 0 fully saturated rings. The second-order valence-corrected chi connectivity index (χ2v) is 4.42. The smallest absolute Gasteiger partial charge is 0.335 e. The Hall–Kier alpha value is -2.83. The molecule has 0 bridgehead atoms. The number of aromatic carboxylic acids is 1. The summed E-state index contributed by atoms with van der Waals surface area (Å²) >= 11 is 0. The summed E-state index contributed by atoms with van der Waals surface area (Å²) < 4.78 is 0. The second-order valence-electron chi connectivity index (χ2n) is 4.42. The molecular formula is C14H16N4O3. The maximum absolute atomic E-state index is 11.9. The first-order valence-corrected chi connectivity index (χ1v) is 6.50. The third kappa shape index (κ3) is 3.82. The number of carboxylic acids is 1. The lowest BCUT2D eigenvalue weighted by Crippen LogP contribution is -2.32. The standard InChI is InChI=1S/C14H16N4O3/c1-2-11(12-15-7-8-16-12)18-14(21)17-10-5-3-9(4-6-10)13(19)20/h3-8,11H,2H2,1H3,(H,15,16)(H,19,20)(H2,17,18,21). The monoisotopic (exact) mass is 288 g/mol. The highest BCUT2D eigenvalue weighted by Crippen LogP contribution is 2.13.